The zero-order valence-corrected chi connectivity index (χ0v) is 15.5. The first-order chi connectivity index (χ1) is 13.1. The second-order valence-corrected chi connectivity index (χ2v) is 6.92. The first kappa shape index (κ1) is 18.4. The fourth-order valence-corrected chi connectivity index (χ4v) is 3.80. The lowest BCUT2D eigenvalue weighted by molar-refractivity contribution is 0.827. The van der Waals surface area contributed by atoms with Gasteiger partial charge in [0, 0.05) is 10.5 Å². The number of fused-ring (bicyclic) bond motifs is 1. The Labute approximate surface area is 161 Å². The van der Waals surface area contributed by atoms with Crippen molar-refractivity contribution in [3.05, 3.63) is 41.0 Å². The molecule has 136 valence electrons. The van der Waals surface area contributed by atoms with Crippen molar-refractivity contribution in [2.24, 2.45) is 4.99 Å². The van der Waals surface area contributed by atoms with E-state index in [0.29, 0.717) is 11.4 Å². The summed E-state index contributed by atoms with van der Waals surface area (Å²) in [6, 6.07) is 9.37. The Kier molecular flexibility index (Phi) is 5.34. The summed E-state index contributed by atoms with van der Waals surface area (Å²) in [5, 5.41) is 23.8. The fraction of sp³-hybridized carbons (Fsp3) is 0.222. The minimum absolute atomic E-state index is 0.0341. The molecular formula is C18H18N8S. The average Bonchev–Trinajstić information content (AvgIpc) is 2.66. The van der Waals surface area contributed by atoms with Gasteiger partial charge in [0.1, 0.15) is 29.3 Å². The Morgan fingerprint density at radius 2 is 2.07 bits per heavy atom. The van der Waals surface area contributed by atoms with E-state index in [2.05, 4.69) is 27.5 Å². The quantitative estimate of drug-likeness (QED) is 0.360. The summed E-state index contributed by atoms with van der Waals surface area (Å²) >= 11 is 1.72. The third-order valence-corrected chi connectivity index (χ3v) is 5.33. The molecule has 1 aromatic heterocycles. The number of hydrogen-bond donors (Lipinski definition) is 4. The highest BCUT2D eigenvalue weighted by atomic mass is 32.2. The molecule has 0 spiro atoms. The molecule has 1 unspecified atom stereocenters. The molecule has 0 bridgehead atoms. The van der Waals surface area contributed by atoms with Crippen molar-refractivity contribution in [1.82, 2.24) is 10.3 Å². The molecule has 0 amide bonds. The molecule has 9 heteroatoms. The zero-order valence-electron chi connectivity index (χ0n) is 14.7. The third kappa shape index (κ3) is 3.46. The van der Waals surface area contributed by atoms with Crippen LogP contribution in [0, 0.1) is 22.8 Å². The Morgan fingerprint density at radius 3 is 2.78 bits per heavy atom. The SMILES string of the molecule is CCCSc1ccccc1C1N=C(NC#N)Nc2nc(N)c(C#N)c(N)c21. The molecule has 6 N–H and O–H groups in total. The number of hydrogen-bond acceptors (Lipinski definition) is 9. The van der Waals surface area contributed by atoms with Gasteiger partial charge in [0.05, 0.1) is 5.69 Å². The summed E-state index contributed by atoms with van der Waals surface area (Å²) in [5.74, 6) is 1.63. The third-order valence-electron chi connectivity index (χ3n) is 4.03. The van der Waals surface area contributed by atoms with Gasteiger partial charge in [0.2, 0.25) is 5.96 Å². The van der Waals surface area contributed by atoms with Crippen LogP contribution in [0.2, 0.25) is 0 Å². The highest BCUT2D eigenvalue weighted by Crippen LogP contribution is 2.43. The largest absolute Gasteiger partial charge is 0.397 e. The molecule has 0 aliphatic carbocycles. The van der Waals surface area contributed by atoms with Crippen LogP contribution >= 0.6 is 11.8 Å². The molecule has 2 heterocycles. The van der Waals surface area contributed by atoms with E-state index in [0.717, 1.165) is 22.6 Å². The molecule has 0 fully saturated rings. The molecule has 8 nitrogen and oxygen atoms in total. The molecule has 0 radical (unpaired) electrons. The van der Waals surface area contributed by atoms with Crippen LogP contribution in [0.5, 0.6) is 0 Å². The van der Waals surface area contributed by atoms with E-state index in [-0.39, 0.29) is 23.0 Å². The average molecular weight is 378 g/mol. The summed E-state index contributed by atoms with van der Waals surface area (Å²) in [5.41, 5.74) is 14.0. The van der Waals surface area contributed by atoms with E-state index in [1.807, 2.05) is 36.5 Å². The van der Waals surface area contributed by atoms with E-state index in [1.54, 1.807) is 11.8 Å². The van der Waals surface area contributed by atoms with Gasteiger partial charge in [0.15, 0.2) is 6.19 Å². The van der Waals surface area contributed by atoms with Crippen LogP contribution in [-0.2, 0) is 0 Å². The lowest BCUT2D eigenvalue weighted by Crippen LogP contribution is -2.32. The summed E-state index contributed by atoms with van der Waals surface area (Å²) in [7, 11) is 0. The minimum atomic E-state index is -0.516. The van der Waals surface area contributed by atoms with Gasteiger partial charge in [-0.05, 0) is 23.8 Å². The monoisotopic (exact) mass is 378 g/mol. The highest BCUT2D eigenvalue weighted by Gasteiger charge is 2.30. The second kappa shape index (κ2) is 7.85. The molecule has 2 aromatic rings. The van der Waals surface area contributed by atoms with Crippen LogP contribution < -0.4 is 22.1 Å². The number of aromatic nitrogens is 1. The van der Waals surface area contributed by atoms with Crippen LogP contribution in [0.25, 0.3) is 0 Å². The highest BCUT2D eigenvalue weighted by molar-refractivity contribution is 7.99. The van der Waals surface area contributed by atoms with Crippen LogP contribution in [0.3, 0.4) is 0 Å². The van der Waals surface area contributed by atoms with E-state index in [1.165, 1.54) is 0 Å². The number of pyridine rings is 1. The lowest BCUT2D eigenvalue weighted by Gasteiger charge is -2.27. The zero-order chi connectivity index (χ0) is 19.4. The number of thioether (sulfide) groups is 1. The van der Waals surface area contributed by atoms with Gasteiger partial charge < -0.3 is 16.8 Å². The van der Waals surface area contributed by atoms with Crippen LogP contribution in [0.4, 0.5) is 17.3 Å². The Hall–Kier alpha value is -3.43. The lowest BCUT2D eigenvalue weighted by atomic mass is 9.95. The maximum absolute atomic E-state index is 9.40. The maximum atomic E-state index is 9.40. The molecule has 0 saturated carbocycles. The van der Waals surface area contributed by atoms with Gasteiger partial charge >= 0.3 is 0 Å². The number of benzene rings is 1. The molecule has 1 aliphatic rings. The smallest absolute Gasteiger partial charge is 0.211 e. The molecule has 27 heavy (non-hydrogen) atoms. The van der Waals surface area contributed by atoms with E-state index >= 15 is 0 Å². The fourth-order valence-electron chi connectivity index (χ4n) is 2.86. The number of nitrogens with two attached hydrogens (primary N) is 2. The summed E-state index contributed by atoms with van der Waals surface area (Å²) in [6.07, 6.45) is 2.88. The van der Waals surface area contributed by atoms with Gasteiger partial charge in [0.25, 0.3) is 0 Å². The predicted octanol–water partition coefficient (Wildman–Crippen LogP) is 2.56. The molecule has 1 aromatic carbocycles. The standard InChI is InChI=1S/C18H18N8S/c1-2-7-27-12-6-4-3-5-10(12)15-13-14(21)11(8-19)16(22)25-17(13)26-18(24-15)23-9-20/h3-6,15H,2,7H2,1H3,(H6,21,22,23,24,25,26). The number of nitrogens with zero attached hydrogens (tertiary/aromatic N) is 4. The van der Waals surface area contributed by atoms with Crippen molar-refractivity contribution in [3.63, 3.8) is 0 Å². The van der Waals surface area contributed by atoms with Crippen molar-refractivity contribution in [3.8, 4) is 12.3 Å². The Balaban J connectivity index is 2.21. The Morgan fingerprint density at radius 1 is 1.30 bits per heavy atom. The number of aliphatic imine (C=N–C) groups is 1. The van der Waals surface area contributed by atoms with Crippen LogP contribution in [0.1, 0.15) is 36.1 Å². The number of nitrogen functional groups attached to an aromatic ring is 2. The summed E-state index contributed by atoms with van der Waals surface area (Å²) < 4.78 is 0. The minimum Gasteiger partial charge on any atom is -0.397 e. The normalized spacial score (nSPS) is 14.9. The van der Waals surface area contributed by atoms with Crippen molar-refractivity contribution in [2.75, 3.05) is 22.5 Å². The van der Waals surface area contributed by atoms with Crippen molar-refractivity contribution >= 4 is 35.0 Å². The van der Waals surface area contributed by atoms with E-state index in [4.69, 9.17) is 16.7 Å². The van der Waals surface area contributed by atoms with Crippen molar-refractivity contribution in [2.45, 2.75) is 24.3 Å². The Bertz CT molecular complexity index is 986. The number of nitriles is 2. The van der Waals surface area contributed by atoms with E-state index in [9.17, 15) is 5.26 Å². The summed E-state index contributed by atoms with van der Waals surface area (Å²) in [6.45, 7) is 2.12. The van der Waals surface area contributed by atoms with Crippen molar-refractivity contribution in [1.29, 1.82) is 10.5 Å². The maximum Gasteiger partial charge on any atom is 0.211 e. The number of nitrogens with one attached hydrogen (secondary N) is 2. The van der Waals surface area contributed by atoms with Crippen LogP contribution in [0.15, 0.2) is 34.2 Å². The molecule has 3 rings (SSSR count). The molecule has 1 aliphatic heterocycles. The molecule has 1 atom stereocenters. The number of rotatable bonds is 4. The topological polar surface area (TPSA) is 149 Å². The predicted molar refractivity (Wildman–Crippen MR) is 107 cm³/mol. The van der Waals surface area contributed by atoms with Gasteiger partial charge in [-0.3, -0.25) is 5.32 Å². The van der Waals surface area contributed by atoms with Gasteiger partial charge in [-0.2, -0.15) is 10.5 Å². The van der Waals surface area contributed by atoms with Crippen LogP contribution in [-0.4, -0.2) is 16.7 Å². The number of anilines is 3. The van der Waals surface area contributed by atoms with Gasteiger partial charge in [-0.1, -0.05) is 25.1 Å². The van der Waals surface area contributed by atoms with Gasteiger partial charge in [-0.25, -0.2) is 9.98 Å². The first-order valence-corrected chi connectivity index (χ1v) is 9.29. The van der Waals surface area contributed by atoms with E-state index < -0.39 is 6.04 Å². The second-order valence-electron chi connectivity index (χ2n) is 5.79. The summed E-state index contributed by atoms with van der Waals surface area (Å²) in [4.78, 5) is 9.94. The molecular weight excluding hydrogens is 360 g/mol. The van der Waals surface area contributed by atoms with Crippen molar-refractivity contribution < 1.29 is 0 Å². The molecule has 0 saturated heterocycles. The number of guanidine groups is 1. The van der Waals surface area contributed by atoms with Gasteiger partial charge in [-0.15, -0.1) is 11.8 Å². The first-order valence-electron chi connectivity index (χ1n) is 8.31.